The van der Waals surface area contributed by atoms with Crippen molar-refractivity contribution in [3.05, 3.63) is 0 Å². The topological polar surface area (TPSA) is 49.4 Å². The maximum absolute atomic E-state index is 12.1. The molecule has 1 aliphatic heterocycles. The third-order valence-electron chi connectivity index (χ3n) is 3.16. The van der Waals surface area contributed by atoms with Crippen LogP contribution in [0.4, 0.5) is 0 Å². The summed E-state index contributed by atoms with van der Waals surface area (Å²) < 4.78 is 25.9. The highest BCUT2D eigenvalue weighted by Crippen LogP contribution is 2.12. The highest BCUT2D eigenvalue weighted by molar-refractivity contribution is 7.89. The van der Waals surface area contributed by atoms with Crippen molar-refractivity contribution < 1.29 is 8.42 Å². The van der Waals surface area contributed by atoms with Gasteiger partial charge in [-0.1, -0.05) is 20.3 Å². The number of nitrogens with zero attached hydrogens (tertiary/aromatic N) is 1. The number of piperidine rings is 1. The van der Waals surface area contributed by atoms with Crippen LogP contribution in [0.15, 0.2) is 0 Å². The third kappa shape index (κ3) is 4.94. The lowest BCUT2D eigenvalue weighted by Crippen LogP contribution is -2.46. The maximum Gasteiger partial charge on any atom is 0.214 e. The normalized spacial score (nSPS) is 21.9. The van der Waals surface area contributed by atoms with Crippen LogP contribution >= 0.6 is 0 Å². The Balaban J connectivity index is 2.58. The Hall–Kier alpha value is -0.130. The quantitative estimate of drug-likeness (QED) is 0.758. The molecule has 1 unspecified atom stereocenters. The smallest absolute Gasteiger partial charge is 0.214 e. The lowest BCUT2D eigenvalue weighted by Gasteiger charge is -2.29. The van der Waals surface area contributed by atoms with Crippen LogP contribution in [0, 0.1) is 0 Å². The summed E-state index contributed by atoms with van der Waals surface area (Å²) in [6, 6.07) is 0.349. The highest BCUT2D eigenvalue weighted by Gasteiger charge is 2.24. The van der Waals surface area contributed by atoms with Crippen molar-refractivity contribution in [2.75, 3.05) is 25.4 Å². The molecule has 1 N–H and O–H groups in total. The minimum Gasteiger partial charge on any atom is -0.313 e. The SMILES string of the molecule is CCCN(CC1CCCCN1)S(=O)(=O)CCC. The fourth-order valence-corrected chi connectivity index (χ4v) is 3.95. The molecule has 0 aromatic heterocycles. The van der Waals surface area contributed by atoms with E-state index in [2.05, 4.69) is 5.32 Å². The molecule has 1 heterocycles. The maximum atomic E-state index is 12.1. The Morgan fingerprint density at radius 2 is 2.00 bits per heavy atom. The summed E-state index contributed by atoms with van der Waals surface area (Å²) >= 11 is 0. The molecule has 0 aromatic carbocycles. The van der Waals surface area contributed by atoms with Gasteiger partial charge in [-0.2, -0.15) is 0 Å². The molecule has 17 heavy (non-hydrogen) atoms. The van der Waals surface area contributed by atoms with E-state index in [-0.39, 0.29) is 5.75 Å². The molecule has 1 saturated heterocycles. The van der Waals surface area contributed by atoms with Crippen molar-refractivity contribution in [2.45, 2.75) is 52.0 Å². The number of sulfonamides is 1. The standard InChI is InChI=1S/C12H26N2O2S/c1-3-9-14(17(15,16)10-4-2)11-12-7-5-6-8-13-12/h12-13H,3-11H2,1-2H3. The predicted octanol–water partition coefficient (Wildman–Crippen LogP) is 1.58. The van der Waals surface area contributed by atoms with E-state index < -0.39 is 10.0 Å². The van der Waals surface area contributed by atoms with Gasteiger partial charge in [-0.25, -0.2) is 12.7 Å². The van der Waals surface area contributed by atoms with E-state index in [0.29, 0.717) is 25.6 Å². The minimum absolute atomic E-state index is 0.277. The summed E-state index contributed by atoms with van der Waals surface area (Å²) in [5.74, 6) is 0.277. The molecule has 0 aliphatic carbocycles. The van der Waals surface area contributed by atoms with E-state index >= 15 is 0 Å². The highest BCUT2D eigenvalue weighted by atomic mass is 32.2. The van der Waals surface area contributed by atoms with Gasteiger partial charge in [-0.15, -0.1) is 0 Å². The van der Waals surface area contributed by atoms with Crippen molar-refractivity contribution in [1.29, 1.82) is 0 Å². The van der Waals surface area contributed by atoms with Crippen molar-refractivity contribution >= 4 is 10.0 Å². The van der Waals surface area contributed by atoms with Gasteiger partial charge in [0.1, 0.15) is 0 Å². The Morgan fingerprint density at radius 1 is 1.24 bits per heavy atom. The van der Waals surface area contributed by atoms with E-state index in [4.69, 9.17) is 0 Å². The van der Waals surface area contributed by atoms with Crippen LogP contribution in [0.1, 0.15) is 46.0 Å². The first-order valence-corrected chi connectivity index (χ1v) is 8.42. The summed E-state index contributed by atoms with van der Waals surface area (Å²) in [6.07, 6.45) is 5.11. The number of hydrogen-bond acceptors (Lipinski definition) is 3. The molecule has 102 valence electrons. The van der Waals surface area contributed by atoms with Crippen molar-refractivity contribution in [3.8, 4) is 0 Å². The van der Waals surface area contributed by atoms with E-state index in [1.165, 1.54) is 12.8 Å². The van der Waals surface area contributed by atoms with E-state index in [0.717, 1.165) is 19.4 Å². The van der Waals surface area contributed by atoms with Crippen LogP contribution in [0.2, 0.25) is 0 Å². The van der Waals surface area contributed by atoms with E-state index in [1.807, 2.05) is 13.8 Å². The second kappa shape index (κ2) is 7.34. The van der Waals surface area contributed by atoms with Gasteiger partial charge in [0.05, 0.1) is 5.75 Å². The molecule has 0 bridgehead atoms. The lowest BCUT2D eigenvalue weighted by atomic mass is 10.1. The molecule has 4 nitrogen and oxygen atoms in total. The Morgan fingerprint density at radius 3 is 2.53 bits per heavy atom. The van der Waals surface area contributed by atoms with Gasteiger partial charge in [0, 0.05) is 19.1 Å². The predicted molar refractivity (Wildman–Crippen MR) is 71.6 cm³/mol. The van der Waals surface area contributed by atoms with Crippen LogP contribution in [-0.2, 0) is 10.0 Å². The summed E-state index contributed by atoms with van der Waals surface area (Å²) in [6.45, 7) is 6.28. The van der Waals surface area contributed by atoms with Crippen LogP contribution in [-0.4, -0.2) is 44.2 Å². The number of rotatable bonds is 7. The van der Waals surface area contributed by atoms with Crippen molar-refractivity contribution in [3.63, 3.8) is 0 Å². The first-order chi connectivity index (χ1) is 8.10. The van der Waals surface area contributed by atoms with Gasteiger partial charge in [0.15, 0.2) is 0 Å². The molecule has 1 aliphatic rings. The first kappa shape index (κ1) is 14.9. The molecular weight excluding hydrogens is 236 g/mol. The van der Waals surface area contributed by atoms with Crippen LogP contribution in [0.25, 0.3) is 0 Å². The summed E-state index contributed by atoms with van der Waals surface area (Å²) in [5, 5.41) is 3.42. The average molecular weight is 262 g/mol. The molecule has 5 heteroatoms. The summed E-state index contributed by atoms with van der Waals surface area (Å²) in [4.78, 5) is 0. The average Bonchev–Trinajstić information content (AvgIpc) is 2.30. The van der Waals surface area contributed by atoms with Crippen molar-refractivity contribution in [1.82, 2.24) is 9.62 Å². The van der Waals surface area contributed by atoms with Crippen LogP contribution in [0.3, 0.4) is 0 Å². The van der Waals surface area contributed by atoms with Gasteiger partial charge in [0.25, 0.3) is 0 Å². The molecule has 1 rings (SSSR count). The van der Waals surface area contributed by atoms with Gasteiger partial charge in [0.2, 0.25) is 10.0 Å². The van der Waals surface area contributed by atoms with Crippen LogP contribution in [0.5, 0.6) is 0 Å². The molecule has 1 atom stereocenters. The second-order valence-corrected chi connectivity index (χ2v) is 6.91. The van der Waals surface area contributed by atoms with Gasteiger partial charge in [-0.3, -0.25) is 0 Å². The first-order valence-electron chi connectivity index (χ1n) is 6.81. The monoisotopic (exact) mass is 262 g/mol. The number of nitrogens with one attached hydrogen (secondary N) is 1. The van der Waals surface area contributed by atoms with E-state index in [1.54, 1.807) is 4.31 Å². The zero-order valence-corrected chi connectivity index (χ0v) is 11.9. The largest absolute Gasteiger partial charge is 0.313 e. The summed E-state index contributed by atoms with van der Waals surface area (Å²) in [5.41, 5.74) is 0. The zero-order valence-electron chi connectivity index (χ0n) is 11.1. The van der Waals surface area contributed by atoms with Gasteiger partial charge < -0.3 is 5.32 Å². The second-order valence-electron chi connectivity index (χ2n) is 4.82. The Labute approximate surface area is 106 Å². The molecule has 0 radical (unpaired) electrons. The fourth-order valence-electron chi connectivity index (χ4n) is 2.31. The Kier molecular flexibility index (Phi) is 6.44. The molecule has 0 amide bonds. The van der Waals surface area contributed by atoms with Gasteiger partial charge in [-0.05, 0) is 32.2 Å². The zero-order chi connectivity index (χ0) is 12.7. The molecule has 0 spiro atoms. The molecule has 1 fully saturated rings. The van der Waals surface area contributed by atoms with E-state index in [9.17, 15) is 8.42 Å². The van der Waals surface area contributed by atoms with Gasteiger partial charge >= 0.3 is 0 Å². The lowest BCUT2D eigenvalue weighted by molar-refractivity contribution is 0.312. The number of hydrogen-bond donors (Lipinski definition) is 1. The molecule has 0 saturated carbocycles. The minimum atomic E-state index is -3.04. The fraction of sp³-hybridized carbons (Fsp3) is 1.00. The van der Waals surface area contributed by atoms with Crippen molar-refractivity contribution in [2.24, 2.45) is 0 Å². The Bertz CT molecular complexity index is 298. The molecule has 0 aromatic rings. The third-order valence-corrected chi connectivity index (χ3v) is 5.21. The summed E-state index contributed by atoms with van der Waals surface area (Å²) in [7, 11) is -3.04. The van der Waals surface area contributed by atoms with Crippen LogP contribution < -0.4 is 5.32 Å². The molecular formula is C12H26N2O2S.